The number of ether oxygens (including phenoxy) is 1. The molecule has 1 saturated heterocycles. The lowest BCUT2D eigenvalue weighted by Crippen LogP contribution is -2.47. The summed E-state index contributed by atoms with van der Waals surface area (Å²) in [4.78, 5) is 19.4. The topological polar surface area (TPSA) is 70.6 Å². The largest absolute Gasteiger partial charge is 0.372 e. The molecule has 0 aliphatic carbocycles. The van der Waals surface area contributed by atoms with Crippen molar-refractivity contribution < 1.29 is 9.53 Å². The molecule has 3 heterocycles. The molecule has 2 atom stereocenters. The Balaban J connectivity index is 1.56. The van der Waals surface area contributed by atoms with Crippen LogP contribution in [0.3, 0.4) is 0 Å². The van der Waals surface area contributed by atoms with Crippen LogP contribution in [0.5, 0.6) is 0 Å². The second kappa shape index (κ2) is 7.09. The maximum Gasteiger partial charge on any atom is 0.286 e. The van der Waals surface area contributed by atoms with Crippen LogP contribution in [0.25, 0.3) is 17.3 Å². The average molecular weight is 368 g/mol. The third-order valence-electron chi connectivity index (χ3n) is 4.32. The van der Waals surface area contributed by atoms with Crippen molar-refractivity contribution in [2.75, 3.05) is 13.1 Å². The molecule has 4 rings (SSSR count). The minimum Gasteiger partial charge on any atom is -0.372 e. The fourth-order valence-corrected chi connectivity index (χ4v) is 4.17. The second-order valence-corrected chi connectivity index (χ2v) is 7.55. The minimum atomic E-state index is -0.197. The number of nitrogens with zero attached hydrogens (tertiary/aromatic N) is 3. The molecular formula is C19H20N4O2S. The van der Waals surface area contributed by atoms with Gasteiger partial charge in [-0.05, 0) is 31.7 Å². The van der Waals surface area contributed by atoms with Crippen molar-refractivity contribution in [2.24, 2.45) is 4.99 Å². The fraction of sp³-hybridized carbons (Fsp3) is 0.316. The summed E-state index contributed by atoms with van der Waals surface area (Å²) in [7, 11) is 0. The van der Waals surface area contributed by atoms with Crippen molar-refractivity contribution in [1.82, 2.24) is 15.1 Å². The number of aliphatic imine (C=N–C) groups is 1. The van der Waals surface area contributed by atoms with Crippen LogP contribution in [-0.4, -0.2) is 51.5 Å². The second-order valence-electron chi connectivity index (χ2n) is 6.54. The number of carbonyl (C=O) groups excluding carboxylic acids is 1. The van der Waals surface area contributed by atoms with Crippen LogP contribution in [0.1, 0.15) is 19.4 Å². The number of amides is 1. The first-order chi connectivity index (χ1) is 12.6. The number of nitrogens with one attached hydrogen (secondary N) is 1. The van der Waals surface area contributed by atoms with E-state index in [0.29, 0.717) is 4.91 Å². The highest BCUT2D eigenvalue weighted by molar-refractivity contribution is 8.18. The summed E-state index contributed by atoms with van der Waals surface area (Å²) in [5, 5.41) is 7.91. The van der Waals surface area contributed by atoms with Crippen molar-refractivity contribution in [1.29, 1.82) is 0 Å². The van der Waals surface area contributed by atoms with Gasteiger partial charge in [-0.15, -0.1) is 0 Å². The Labute approximate surface area is 156 Å². The maximum absolute atomic E-state index is 12.4. The predicted molar refractivity (Wildman–Crippen MR) is 104 cm³/mol. The highest BCUT2D eigenvalue weighted by Crippen LogP contribution is 2.33. The van der Waals surface area contributed by atoms with E-state index in [1.807, 2.05) is 50.3 Å². The molecule has 2 aromatic rings. The molecule has 2 aliphatic rings. The summed E-state index contributed by atoms with van der Waals surface area (Å²) < 4.78 is 5.76. The summed E-state index contributed by atoms with van der Waals surface area (Å²) in [5.74, 6) is -0.197. The first-order valence-corrected chi connectivity index (χ1v) is 9.43. The van der Waals surface area contributed by atoms with E-state index in [0.717, 1.165) is 35.1 Å². The summed E-state index contributed by atoms with van der Waals surface area (Å²) in [6.07, 6.45) is 3.86. The van der Waals surface area contributed by atoms with Gasteiger partial charge in [0.2, 0.25) is 0 Å². The van der Waals surface area contributed by atoms with Gasteiger partial charge in [-0.2, -0.15) is 10.1 Å². The Morgan fingerprint density at radius 1 is 1.23 bits per heavy atom. The molecule has 2 aliphatic heterocycles. The Morgan fingerprint density at radius 3 is 2.69 bits per heavy atom. The number of hydrogen-bond acceptors (Lipinski definition) is 5. The maximum atomic E-state index is 12.4. The molecule has 0 bridgehead atoms. The van der Waals surface area contributed by atoms with Crippen molar-refractivity contribution >= 4 is 28.9 Å². The number of aromatic nitrogens is 2. The lowest BCUT2D eigenvalue weighted by Gasteiger charge is -2.35. The van der Waals surface area contributed by atoms with Gasteiger partial charge < -0.3 is 9.64 Å². The van der Waals surface area contributed by atoms with E-state index in [4.69, 9.17) is 4.74 Å². The predicted octanol–water partition coefficient (Wildman–Crippen LogP) is 3.16. The van der Waals surface area contributed by atoms with E-state index in [-0.39, 0.29) is 18.1 Å². The number of rotatable bonds is 2. The van der Waals surface area contributed by atoms with Crippen LogP contribution in [-0.2, 0) is 9.53 Å². The average Bonchev–Trinajstić information content (AvgIpc) is 3.22. The van der Waals surface area contributed by atoms with Gasteiger partial charge in [0.05, 0.1) is 29.0 Å². The SMILES string of the molecule is C[C@@H]1CN(C2=NC(=O)/C(=C/c3cn[nH]c3-c3ccccc3)S2)C[C@@H](C)O1. The molecule has 0 unspecified atom stereocenters. The molecule has 134 valence electrons. The van der Waals surface area contributed by atoms with Crippen molar-refractivity contribution in [3.8, 4) is 11.3 Å². The van der Waals surface area contributed by atoms with Gasteiger partial charge in [0, 0.05) is 24.2 Å². The molecular weight excluding hydrogens is 348 g/mol. The van der Waals surface area contributed by atoms with E-state index >= 15 is 0 Å². The molecule has 0 saturated carbocycles. The van der Waals surface area contributed by atoms with Crippen molar-refractivity contribution in [2.45, 2.75) is 26.1 Å². The van der Waals surface area contributed by atoms with Gasteiger partial charge in [-0.1, -0.05) is 30.3 Å². The number of aromatic amines is 1. The lowest BCUT2D eigenvalue weighted by atomic mass is 10.1. The number of H-pyrrole nitrogens is 1. The molecule has 26 heavy (non-hydrogen) atoms. The smallest absolute Gasteiger partial charge is 0.286 e. The van der Waals surface area contributed by atoms with Gasteiger partial charge in [0.15, 0.2) is 5.17 Å². The monoisotopic (exact) mass is 368 g/mol. The van der Waals surface area contributed by atoms with Gasteiger partial charge in [-0.3, -0.25) is 9.89 Å². The van der Waals surface area contributed by atoms with E-state index in [9.17, 15) is 4.79 Å². The molecule has 0 radical (unpaired) electrons. The first kappa shape index (κ1) is 17.1. The molecule has 1 aromatic carbocycles. The van der Waals surface area contributed by atoms with Crippen LogP contribution >= 0.6 is 11.8 Å². The Bertz CT molecular complexity index is 865. The molecule has 1 aromatic heterocycles. The van der Waals surface area contributed by atoms with Crippen LogP contribution < -0.4 is 0 Å². The zero-order valence-electron chi connectivity index (χ0n) is 14.7. The first-order valence-electron chi connectivity index (χ1n) is 8.62. The van der Waals surface area contributed by atoms with Gasteiger partial charge in [0.25, 0.3) is 5.91 Å². The van der Waals surface area contributed by atoms with Crippen LogP contribution in [0.2, 0.25) is 0 Å². The van der Waals surface area contributed by atoms with Crippen molar-refractivity contribution in [3.63, 3.8) is 0 Å². The zero-order valence-corrected chi connectivity index (χ0v) is 15.5. The molecule has 1 N–H and O–H groups in total. The van der Waals surface area contributed by atoms with E-state index in [1.165, 1.54) is 11.8 Å². The Morgan fingerprint density at radius 2 is 1.96 bits per heavy atom. The number of amidine groups is 1. The number of carbonyl (C=O) groups is 1. The summed E-state index contributed by atoms with van der Waals surface area (Å²) in [5.41, 5.74) is 2.81. The zero-order chi connectivity index (χ0) is 18.1. The molecule has 7 heteroatoms. The molecule has 1 fully saturated rings. The third kappa shape index (κ3) is 3.45. The minimum absolute atomic E-state index is 0.128. The summed E-state index contributed by atoms with van der Waals surface area (Å²) in [6, 6.07) is 9.95. The summed E-state index contributed by atoms with van der Waals surface area (Å²) in [6.45, 7) is 5.58. The van der Waals surface area contributed by atoms with Gasteiger partial charge in [-0.25, -0.2) is 0 Å². The molecule has 6 nitrogen and oxygen atoms in total. The number of thioether (sulfide) groups is 1. The van der Waals surface area contributed by atoms with Gasteiger partial charge >= 0.3 is 0 Å². The Kier molecular flexibility index (Phi) is 4.65. The number of hydrogen-bond donors (Lipinski definition) is 1. The molecule has 0 spiro atoms. The van der Waals surface area contributed by atoms with Crippen LogP contribution in [0, 0.1) is 0 Å². The quantitative estimate of drug-likeness (QED) is 0.825. The normalized spacial score (nSPS) is 25.0. The van der Waals surface area contributed by atoms with Crippen molar-refractivity contribution in [3.05, 3.63) is 47.0 Å². The third-order valence-corrected chi connectivity index (χ3v) is 5.36. The Hall–Kier alpha value is -2.38. The highest BCUT2D eigenvalue weighted by Gasteiger charge is 2.31. The standard InChI is InChI=1S/C19H20N4O2S/c1-12-10-23(11-13(2)25-12)19-21-18(24)16(26-19)8-15-9-20-22-17(15)14-6-4-3-5-7-14/h3-9,12-13H,10-11H2,1-2H3,(H,20,22)/b16-8-/t12-,13-/m1/s1. The van der Waals surface area contributed by atoms with E-state index in [2.05, 4.69) is 20.1 Å². The fourth-order valence-electron chi connectivity index (χ4n) is 3.25. The van der Waals surface area contributed by atoms with E-state index < -0.39 is 0 Å². The summed E-state index contributed by atoms with van der Waals surface area (Å²) >= 11 is 1.42. The van der Waals surface area contributed by atoms with Gasteiger partial charge in [0.1, 0.15) is 0 Å². The highest BCUT2D eigenvalue weighted by atomic mass is 32.2. The lowest BCUT2D eigenvalue weighted by molar-refractivity contribution is -0.113. The van der Waals surface area contributed by atoms with E-state index in [1.54, 1.807) is 6.20 Å². The van der Waals surface area contributed by atoms with Crippen LogP contribution in [0.15, 0.2) is 46.4 Å². The van der Waals surface area contributed by atoms with Crippen LogP contribution in [0.4, 0.5) is 0 Å². The number of benzene rings is 1. The number of morpholine rings is 1. The molecule has 1 amide bonds.